The van der Waals surface area contributed by atoms with E-state index < -0.39 is 6.10 Å². The van der Waals surface area contributed by atoms with E-state index in [4.69, 9.17) is 14.1 Å². The smallest absolute Gasteiger partial charge is 0.283 e. The van der Waals surface area contributed by atoms with Crippen LogP contribution in [0.4, 0.5) is 4.39 Å². The van der Waals surface area contributed by atoms with Crippen molar-refractivity contribution in [2.24, 2.45) is 0 Å². The molecular weight excluding hydrogens is 429 g/mol. The van der Waals surface area contributed by atoms with Crippen LogP contribution < -0.4 is 4.74 Å². The Labute approximate surface area is 186 Å². The lowest BCUT2D eigenvalue weighted by atomic mass is 10.2. The minimum Gasteiger partial charge on any atom is -0.481 e. The van der Waals surface area contributed by atoms with Crippen LogP contribution >= 0.6 is 11.8 Å². The number of pyridine rings is 1. The number of halogens is 1. The fraction of sp³-hybridized carbons (Fsp3) is 0.0870. The van der Waals surface area contributed by atoms with E-state index in [0.29, 0.717) is 27.7 Å². The Morgan fingerprint density at radius 3 is 2.53 bits per heavy atom. The number of aromatic nitrogens is 5. The van der Waals surface area contributed by atoms with Gasteiger partial charge >= 0.3 is 0 Å². The average Bonchev–Trinajstić information content (AvgIpc) is 3.30. The first kappa shape index (κ1) is 20.1. The molecule has 32 heavy (non-hydrogen) atoms. The van der Waals surface area contributed by atoms with Crippen molar-refractivity contribution in [2.45, 2.75) is 23.3 Å². The summed E-state index contributed by atoms with van der Waals surface area (Å²) in [5, 5.41) is 10.1. The van der Waals surface area contributed by atoms with Gasteiger partial charge in [0.2, 0.25) is 0 Å². The average molecular weight is 445 g/mol. The van der Waals surface area contributed by atoms with E-state index in [9.17, 15) is 4.39 Å². The van der Waals surface area contributed by atoms with Gasteiger partial charge in [0.1, 0.15) is 16.6 Å². The van der Waals surface area contributed by atoms with Crippen LogP contribution in [0.3, 0.4) is 0 Å². The first-order valence-corrected chi connectivity index (χ1v) is 10.6. The summed E-state index contributed by atoms with van der Waals surface area (Å²) in [6, 6.07) is 17.2. The largest absolute Gasteiger partial charge is 0.481 e. The zero-order valence-electron chi connectivity index (χ0n) is 16.8. The number of hydrogen-bond acceptors (Lipinski definition) is 8. The highest BCUT2D eigenvalue weighted by molar-refractivity contribution is 7.99. The molecule has 2 aromatic carbocycles. The molecular formula is C23H16FN5O2S. The second-order valence-electron chi connectivity index (χ2n) is 6.83. The predicted molar refractivity (Wildman–Crippen MR) is 117 cm³/mol. The number of hydrogen-bond donors (Lipinski definition) is 0. The summed E-state index contributed by atoms with van der Waals surface area (Å²) in [4.78, 5) is 13.4. The lowest BCUT2D eigenvalue weighted by Gasteiger charge is -2.10. The molecule has 5 aromatic rings. The second-order valence-corrected chi connectivity index (χ2v) is 7.77. The predicted octanol–water partition coefficient (Wildman–Crippen LogP) is 5.51. The van der Waals surface area contributed by atoms with Crippen LogP contribution in [0.5, 0.6) is 5.75 Å². The van der Waals surface area contributed by atoms with E-state index in [1.54, 1.807) is 31.5 Å². The Morgan fingerprint density at radius 1 is 0.938 bits per heavy atom. The molecule has 5 rings (SSSR count). The maximum atomic E-state index is 13.1. The van der Waals surface area contributed by atoms with Crippen molar-refractivity contribution in [1.82, 2.24) is 25.1 Å². The molecule has 158 valence electrons. The Hall–Kier alpha value is -3.85. The van der Waals surface area contributed by atoms with Crippen molar-refractivity contribution in [1.29, 1.82) is 0 Å². The highest BCUT2D eigenvalue weighted by Crippen LogP contribution is 2.33. The maximum Gasteiger partial charge on any atom is 0.283 e. The molecule has 3 aromatic heterocycles. The van der Waals surface area contributed by atoms with E-state index in [1.165, 1.54) is 23.9 Å². The lowest BCUT2D eigenvalue weighted by molar-refractivity contribution is 0.181. The number of fused-ring (bicyclic) bond motifs is 1. The third-order valence-corrected chi connectivity index (χ3v) is 5.43. The summed E-state index contributed by atoms with van der Waals surface area (Å²) in [6.07, 6.45) is 2.90. The minimum absolute atomic E-state index is 0.310. The monoisotopic (exact) mass is 445 g/mol. The SMILES string of the molecule is C[C@@H](Oc1ccc(F)cc1)c1nnc(Sc2nc(-c3ccncc3)nc3ccccc23)o1. The Morgan fingerprint density at radius 2 is 1.72 bits per heavy atom. The molecule has 0 spiro atoms. The van der Waals surface area contributed by atoms with Crippen LogP contribution in [0.25, 0.3) is 22.3 Å². The third kappa shape index (κ3) is 4.28. The summed E-state index contributed by atoms with van der Waals surface area (Å²) in [5.74, 6) is 1.07. The highest BCUT2D eigenvalue weighted by Gasteiger charge is 2.18. The molecule has 0 aliphatic rings. The van der Waals surface area contributed by atoms with Gasteiger partial charge in [-0.1, -0.05) is 18.2 Å². The maximum absolute atomic E-state index is 13.1. The van der Waals surface area contributed by atoms with Crippen molar-refractivity contribution in [2.75, 3.05) is 0 Å². The molecule has 0 fully saturated rings. The van der Waals surface area contributed by atoms with Crippen molar-refractivity contribution >= 4 is 22.7 Å². The van der Waals surface area contributed by atoms with Gasteiger partial charge in [0.05, 0.1) is 5.52 Å². The van der Waals surface area contributed by atoms with E-state index >= 15 is 0 Å². The molecule has 3 heterocycles. The van der Waals surface area contributed by atoms with Crippen LogP contribution in [0.15, 0.2) is 87.7 Å². The minimum atomic E-state index is -0.503. The molecule has 0 saturated carbocycles. The number of nitrogens with zero attached hydrogens (tertiary/aromatic N) is 5. The van der Waals surface area contributed by atoms with Crippen molar-refractivity contribution < 1.29 is 13.5 Å². The van der Waals surface area contributed by atoms with Gasteiger partial charge in [0.15, 0.2) is 11.9 Å². The first-order valence-electron chi connectivity index (χ1n) is 9.76. The topological polar surface area (TPSA) is 86.8 Å². The van der Waals surface area contributed by atoms with Gasteiger partial charge in [0, 0.05) is 23.3 Å². The van der Waals surface area contributed by atoms with Gasteiger partial charge in [-0.3, -0.25) is 4.98 Å². The fourth-order valence-electron chi connectivity index (χ4n) is 3.03. The molecule has 0 bridgehead atoms. The van der Waals surface area contributed by atoms with E-state index in [0.717, 1.165) is 16.5 Å². The van der Waals surface area contributed by atoms with Crippen molar-refractivity contribution in [3.05, 3.63) is 84.8 Å². The van der Waals surface area contributed by atoms with Gasteiger partial charge in [-0.15, -0.1) is 10.2 Å². The van der Waals surface area contributed by atoms with Gasteiger partial charge in [-0.05, 0) is 61.2 Å². The van der Waals surface area contributed by atoms with Gasteiger partial charge in [-0.2, -0.15) is 0 Å². The number of rotatable bonds is 6. The standard InChI is InChI=1S/C23H16FN5O2S/c1-14(30-17-8-6-16(24)7-9-17)21-28-29-23(31-21)32-22-18-4-2-3-5-19(18)26-20(27-22)15-10-12-25-13-11-15/h2-14H,1H3/t14-/m1/s1. The molecule has 1 atom stereocenters. The second kappa shape index (κ2) is 8.72. The molecule has 0 N–H and O–H groups in total. The van der Waals surface area contributed by atoms with E-state index in [1.807, 2.05) is 36.4 Å². The van der Waals surface area contributed by atoms with Gasteiger partial charge < -0.3 is 9.15 Å². The Bertz CT molecular complexity index is 1360. The van der Waals surface area contributed by atoms with Crippen LogP contribution in [0, 0.1) is 5.82 Å². The first-order chi connectivity index (χ1) is 15.7. The van der Waals surface area contributed by atoms with Crippen LogP contribution in [0.1, 0.15) is 18.9 Å². The molecule has 0 aliphatic heterocycles. The van der Waals surface area contributed by atoms with Crippen LogP contribution in [-0.4, -0.2) is 25.1 Å². The number of para-hydroxylation sites is 1. The summed E-state index contributed by atoms with van der Waals surface area (Å²) in [5.41, 5.74) is 1.67. The summed E-state index contributed by atoms with van der Waals surface area (Å²) in [6.45, 7) is 1.78. The normalized spacial score (nSPS) is 12.1. The quantitative estimate of drug-likeness (QED) is 0.317. The Balaban J connectivity index is 1.42. The summed E-state index contributed by atoms with van der Waals surface area (Å²) < 4.78 is 24.7. The number of benzene rings is 2. The van der Waals surface area contributed by atoms with Crippen molar-refractivity contribution in [3.8, 4) is 17.1 Å². The summed E-state index contributed by atoms with van der Waals surface area (Å²) in [7, 11) is 0. The van der Waals surface area contributed by atoms with Crippen molar-refractivity contribution in [3.63, 3.8) is 0 Å². The number of ether oxygens (including phenoxy) is 1. The Kier molecular flexibility index (Phi) is 5.47. The zero-order chi connectivity index (χ0) is 21.9. The molecule has 0 amide bonds. The van der Waals surface area contributed by atoms with Gasteiger partial charge in [-0.25, -0.2) is 14.4 Å². The van der Waals surface area contributed by atoms with Crippen LogP contribution in [0.2, 0.25) is 0 Å². The molecule has 0 saturated heterocycles. The molecule has 0 unspecified atom stereocenters. The van der Waals surface area contributed by atoms with E-state index in [-0.39, 0.29) is 5.82 Å². The van der Waals surface area contributed by atoms with E-state index in [2.05, 4.69) is 20.2 Å². The molecule has 0 radical (unpaired) electrons. The molecule has 7 nitrogen and oxygen atoms in total. The molecule has 9 heteroatoms. The third-order valence-electron chi connectivity index (χ3n) is 4.59. The zero-order valence-corrected chi connectivity index (χ0v) is 17.7. The highest BCUT2D eigenvalue weighted by atomic mass is 32.2. The lowest BCUT2D eigenvalue weighted by Crippen LogP contribution is -2.03. The summed E-state index contributed by atoms with van der Waals surface area (Å²) >= 11 is 1.26. The fourth-order valence-corrected chi connectivity index (χ4v) is 3.82. The van der Waals surface area contributed by atoms with Crippen LogP contribution in [-0.2, 0) is 0 Å². The molecule has 0 aliphatic carbocycles. The van der Waals surface area contributed by atoms with Gasteiger partial charge in [0.25, 0.3) is 11.1 Å².